The number of nitrogens with zero attached hydrogens (tertiary/aromatic N) is 4. The van der Waals surface area contributed by atoms with Gasteiger partial charge in [0, 0.05) is 51.3 Å². The molecule has 0 bridgehead atoms. The molecule has 0 saturated carbocycles. The van der Waals surface area contributed by atoms with Crippen molar-refractivity contribution in [2.45, 2.75) is 31.8 Å². The van der Waals surface area contributed by atoms with Crippen molar-refractivity contribution in [1.29, 1.82) is 0 Å². The summed E-state index contributed by atoms with van der Waals surface area (Å²) in [5.41, 5.74) is 2.07. The van der Waals surface area contributed by atoms with Crippen molar-refractivity contribution in [1.82, 2.24) is 9.88 Å². The van der Waals surface area contributed by atoms with Crippen molar-refractivity contribution in [3.05, 3.63) is 60.6 Å². The van der Waals surface area contributed by atoms with Gasteiger partial charge >= 0.3 is 6.36 Å². The maximum atomic E-state index is 12.3. The molecule has 8 heteroatoms. The van der Waals surface area contributed by atoms with Gasteiger partial charge in [-0.3, -0.25) is 4.90 Å². The van der Waals surface area contributed by atoms with Crippen molar-refractivity contribution in [3.8, 4) is 5.75 Å². The number of anilines is 2. The monoisotopic (exact) mass is 404 g/mol. The highest BCUT2D eigenvalue weighted by Gasteiger charge is 2.31. The number of pyridine rings is 1. The van der Waals surface area contributed by atoms with Gasteiger partial charge in [0.25, 0.3) is 0 Å². The topological polar surface area (TPSA) is 31.8 Å². The molecule has 2 aromatic rings. The van der Waals surface area contributed by atoms with Gasteiger partial charge in [0.1, 0.15) is 5.75 Å². The molecule has 2 aliphatic heterocycles. The second kappa shape index (κ2) is 7.94. The average molecular weight is 404 g/mol. The van der Waals surface area contributed by atoms with Crippen LogP contribution in [-0.2, 0) is 6.54 Å². The van der Waals surface area contributed by atoms with Gasteiger partial charge in [0.15, 0.2) is 5.82 Å². The van der Waals surface area contributed by atoms with Crippen molar-refractivity contribution in [3.63, 3.8) is 0 Å². The van der Waals surface area contributed by atoms with Crippen LogP contribution in [-0.4, -0.2) is 42.4 Å². The highest BCUT2D eigenvalue weighted by atomic mass is 19.4. The Morgan fingerprint density at radius 2 is 1.79 bits per heavy atom. The lowest BCUT2D eigenvalue weighted by Gasteiger charge is -2.40. The van der Waals surface area contributed by atoms with Crippen LogP contribution in [0.25, 0.3) is 0 Å². The zero-order chi connectivity index (χ0) is 20.4. The molecular formula is C21H23F3N4O. The lowest BCUT2D eigenvalue weighted by molar-refractivity contribution is -0.274. The third-order valence-electron chi connectivity index (χ3n) is 5.36. The first-order valence-corrected chi connectivity index (χ1v) is 9.60. The van der Waals surface area contributed by atoms with Crippen molar-refractivity contribution in [2.75, 3.05) is 29.9 Å². The molecule has 5 nitrogen and oxygen atoms in total. The van der Waals surface area contributed by atoms with E-state index in [-0.39, 0.29) is 5.75 Å². The first-order valence-electron chi connectivity index (χ1n) is 9.60. The Labute approximate surface area is 168 Å². The minimum Gasteiger partial charge on any atom is -0.406 e. The average Bonchev–Trinajstić information content (AvgIpc) is 2.70. The zero-order valence-electron chi connectivity index (χ0n) is 16.1. The van der Waals surface area contributed by atoms with Crippen LogP contribution in [0.4, 0.5) is 24.7 Å². The molecule has 1 aromatic heterocycles. The summed E-state index contributed by atoms with van der Waals surface area (Å²) < 4.78 is 40.7. The second-order valence-electron chi connectivity index (χ2n) is 7.36. The van der Waals surface area contributed by atoms with E-state index in [0.29, 0.717) is 12.6 Å². The molecule has 1 fully saturated rings. The minimum absolute atomic E-state index is 0.187. The van der Waals surface area contributed by atoms with Crippen LogP contribution in [0.3, 0.4) is 0 Å². The molecule has 0 amide bonds. The number of likely N-dealkylation sites (tertiary alicyclic amines) is 1. The second-order valence-corrected chi connectivity index (χ2v) is 7.36. The van der Waals surface area contributed by atoms with E-state index in [1.165, 1.54) is 12.1 Å². The Kier molecular flexibility index (Phi) is 5.36. The standard InChI is InChI=1S/C21H23F3N4O/c1-26-13-14-28(20-19(26)3-2-10-25-20)17-8-11-27(12-9-17)15-16-4-6-18(7-5-16)29-21(22,23)24/h2-7,10,13-14,17H,8-9,11-12,15H2,1H3. The van der Waals surface area contributed by atoms with E-state index in [4.69, 9.17) is 0 Å². The Balaban J connectivity index is 1.34. The largest absolute Gasteiger partial charge is 0.573 e. The number of fused-ring (bicyclic) bond motifs is 1. The molecule has 0 atom stereocenters. The number of benzene rings is 1. The van der Waals surface area contributed by atoms with Crippen LogP contribution in [0.1, 0.15) is 18.4 Å². The number of aromatic nitrogens is 1. The minimum atomic E-state index is -4.66. The van der Waals surface area contributed by atoms with Gasteiger partial charge in [-0.15, -0.1) is 13.2 Å². The number of rotatable bonds is 4. The van der Waals surface area contributed by atoms with E-state index in [2.05, 4.69) is 42.9 Å². The smallest absolute Gasteiger partial charge is 0.406 e. The van der Waals surface area contributed by atoms with E-state index in [1.807, 2.05) is 19.3 Å². The van der Waals surface area contributed by atoms with Crippen LogP contribution < -0.4 is 14.5 Å². The summed E-state index contributed by atoms with van der Waals surface area (Å²) in [7, 11) is 2.02. The maximum Gasteiger partial charge on any atom is 0.573 e. The molecule has 0 unspecified atom stereocenters. The molecule has 1 saturated heterocycles. The third kappa shape index (κ3) is 4.64. The van der Waals surface area contributed by atoms with E-state index in [9.17, 15) is 13.2 Å². The van der Waals surface area contributed by atoms with Crippen LogP contribution >= 0.6 is 0 Å². The molecule has 0 radical (unpaired) electrons. The summed E-state index contributed by atoms with van der Waals surface area (Å²) in [6.07, 6.45) is 3.31. The van der Waals surface area contributed by atoms with E-state index in [0.717, 1.165) is 43.0 Å². The highest BCUT2D eigenvalue weighted by molar-refractivity contribution is 5.72. The predicted octanol–water partition coefficient (Wildman–Crippen LogP) is 4.37. The molecule has 29 heavy (non-hydrogen) atoms. The number of hydrogen-bond donors (Lipinski definition) is 0. The van der Waals surface area contributed by atoms with Gasteiger partial charge in [-0.1, -0.05) is 12.1 Å². The summed E-state index contributed by atoms with van der Waals surface area (Å²) >= 11 is 0. The first-order chi connectivity index (χ1) is 13.9. The molecule has 2 aliphatic rings. The van der Waals surface area contributed by atoms with Gasteiger partial charge in [0.2, 0.25) is 0 Å². The number of piperidine rings is 1. The van der Waals surface area contributed by atoms with Gasteiger partial charge in [-0.2, -0.15) is 0 Å². The lowest BCUT2D eigenvalue weighted by atomic mass is 10.0. The van der Waals surface area contributed by atoms with Gasteiger partial charge in [0.05, 0.1) is 5.69 Å². The number of hydrogen-bond acceptors (Lipinski definition) is 5. The molecule has 1 aromatic carbocycles. The fraction of sp³-hybridized carbons (Fsp3) is 0.381. The van der Waals surface area contributed by atoms with Crippen molar-refractivity contribution in [2.24, 2.45) is 0 Å². The van der Waals surface area contributed by atoms with Crippen molar-refractivity contribution >= 4 is 11.5 Å². The SMILES string of the molecule is CN1C=CN(C2CCN(Cc3ccc(OC(F)(F)F)cc3)CC2)c2ncccc21. The molecule has 154 valence electrons. The molecular weight excluding hydrogens is 381 g/mol. The van der Waals surface area contributed by atoms with Crippen LogP contribution in [0, 0.1) is 0 Å². The summed E-state index contributed by atoms with van der Waals surface area (Å²) in [6.45, 7) is 2.56. The summed E-state index contributed by atoms with van der Waals surface area (Å²) in [4.78, 5) is 11.2. The predicted molar refractivity (Wildman–Crippen MR) is 106 cm³/mol. The van der Waals surface area contributed by atoms with Crippen molar-refractivity contribution < 1.29 is 17.9 Å². The summed E-state index contributed by atoms with van der Waals surface area (Å²) in [6, 6.07) is 10.5. The van der Waals surface area contributed by atoms with Crippen LogP contribution in [0.15, 0.2) is 55.0 Å². The Hall–Kier alpha value is -2.74. The fourth-order valence-electron chi connectivity index (χ4n) is 3.89. The van der Waals surface area contributed by atoms with Gasteiger partial charge < -0.3 is 14.5 Å². The van der Waals surface area contributed by atoms with Gasteiger partial charge in [-0.05, 0) is 42.7 Å². The normalized spacial score (nSPS) is 18.1. The molecule has 0 spiro atoms. The number of alkyl halides is 3. The Morgan fingerprint density at radius 1 is 1.07 bits per heavy atom. The Morgan fingerprint density at radius 3 is 2.48 bits per heavy atom. The summed E-state index contributed by atoms with van der Waals surface area (Å²) in [5.74, 6) is 0.796. The van der Waals surface area contributed by atoms with E-state index >= 15 is 0 Å². The molecule has 3 heterocycles. The third-order valence-corrected chi connectivity index (χ3v) is 5.36. The zero-order valence-corrected chi connectivity index (χ0v) is 16.1. The van der Waals surface area contributed by atoms with Crippen LogP contribution in [0.5, 0.6) is 5.75 Å². The van der Waals surface area contributed by atoms with E-state index < -0.39 is 6.36 Å². The maximum absolute atomic E-state index is 12.3. The molecule has 0 aliphatic carbocycles. The van der Waals surface area contributed by atoms with Crippen LogP contribution in [0.2, 0.25) is 0 Å². The molecule has 4 rings (SSSR count). The quantitative estimate of drug-likeness (QED) is 0.756. The first kappa shape index (κ1) is 19.6. The molecule has 0 N–H and O–H groups in total. The number of halogens is 3. The van der Waals surface area contributed by atoms with Gasteiger partial charge in [-0.25, -0.2) is 4.98 Å². The Bertz CT molecular complexity index is 861. The lowest BCUT2D eigenvalue weighted by Crippen LogP contribution is -2.44. The highest BCUT2D eigenvalue weighted by Crippen LogP contribution is 2.34. The number of ether oxygens (including phenoxy) is 1. The summed E-state index contributed by atoms with van der Waals surface area (Å²) in [5, 5.41) is 0. The van der Waals surface area contributed by atoms with E-state index in [1.54, 1.807) is 12.1 Å². The fourth-order valence-corrected chi connectivity index (χ4v) is 3.89.